The predicted octanol–water partition coefficient (Wildman–Crippen LogP) is 3.73. The number of ether oxygens (including phenoxy) is 1. The zero-order valence-corrected chi connectivity index (χ0v) is 15.3. The fourth-order valence-corrected chi connectivity index (χ4v) is 4.61. The Morgan fingerprint density at radius 2 is 2.04 bits per heavy atom. The molecular weight excluding hydrogens is 314 g/mol. The molecule has 0 aromatic heterocycles. The lowest BCUT2D eigenvalue weighted by atomic mass is 9.74. The number of rotatable bonds is 2. The molecule has 0 spiro atoms. The molecule has 0 bridgehead atoms. The second-order valence-corrected chi connectivity index (χ2v) is 7.23. The molecule has 2 N–H and O–H groups in total. The molecule has 0 radical (unpaired) electrons. The van der Waals surface area contributed by atoms with E-state index in [1.54, 1.807) is 7.11 Å². The highest BCUT2D eigenvalue weighted by Gasteiger charge is 2.38. The van der Waals surface area contributed by atoms with Crippen molar-refractivity contribution in [2.45, 2.75) is 39.2 Å². The Hall–Kier alpha value is -2.20. The van der Waals surface area contributed by atoms with E-state index >= 15 is 0 Å². The first-order valence-corrected chi connectivity index (χ1v) is 8.95. The number of phenolic OH excluding ortho intramolecular Hbond substituents is 2. The lowest BCUT2D eigenvalue weighted by Gasteiger charge is -2.41. The Labute approximate surface area is 148 Å². The molecule has 1 heterocycles. The van der Waals surface area contributed by atoms with Gasteiger partial charge in [-0.3, -0.25) is 4.90 Å². The van der Waals surface area contributed by atoms with Crippen LogP contribution in [0.5, 0.6) is 17.2 Å². The van der Waals surface area contributed by atoms with Gasteiger partial charge in [-0.05, 0) is 73.2 Å². The highest BCUT2D eigenvalue weighted by molar-refractivity contribution is 5.85. The summed E-state index contributed by atoms with van der Waals surface area (Å²) in [7, 11) is 3.78. The van der Waals surface area contributed by atoms with Crippen LogP contribution in [0.15, 0.2) is 12.1 Å². The van der Waals surface area contributed by atoms with Crippen molar-refractivity contribution in [2.24, 2.45) is 0 Å². The molecule has 2 aromatic carbocycles. The van der Waals surface area contributed by atoms with E-state index in [-0.39, 0.29) is 11.8 Å². The third-order valence-corrected chi connectivity index (χ3v) is 5.93. The quantitative estimate of drug-likeness (QED) is 0.875. The largest absolute Gasteiger partial charge is 0.508 e. The van der Waals surface area contributed by atoms with E-state index in [9.17, 15) is 10.2 Å². The van der Waals surface area contributed by atoms with Crippen LogP contribution in [0, 0.1) is 6.92 Å². The van der Waals surface area contributed by atoms with Crippen LogP contribution < -0.4 is 4.74 Å². The minimum Gasteiger partial charge on any atom is -0.508 e. The lowest BCUT2D eigenvalue weighted by Crippen LogP contribution is -2.36. The average Bonchev–Trinajstić information content (AvgIpc) is 2.59. The Balaban J connectivity index is 2.13. The van der Waals surface area contributed by atoms with Gasteiger partial charge in [-0.2, -0.15) is 0 Å². The molecule has 2 aromatic rings. The molecule has 4 heteroatoms. The normalized spacial score (nSPS) is 18.6. The first-order valence-electron chi connectivity index (χ1n) is 8.95. The third-order valence-electron chi connectivity index (χ3n) is 5.93. The highest BCUT2D eigenvalue weighted by atomic mass is 16.5. The van der Waals surface area contributed by atoms with Crippen LogP contribution in [-0.2, 0) is 19.3 Å². The molecule has 4 nitrogen and oxygen atoms in total. The summed E-state index contributed by atoms with van der Waals surface area (Å²) in [6.07, 6.45) is 2.61. The minimum atomic E-state index is 0.258. The maximum atomic E-state index is 10.9. The summed E-state index contributed by atoms with van der Waals surface area (Å²) < 4.78 is 5.69. The summed E-state index contributed by atoms with van der Waals surface area (Å²) in [6, 6.07) is 4.16. The summed E-state index contributed by atoms with van der Waals surface area (Å²) in [5.74, 6) is 1.18. The van der Waals surface area contributed by atoms with Gasteiger partial charge in [0.2, 0.25) is 0 Å². The van der Waals surface area contributed by atoms with Gasteiger partial charge in [0.15, 0.2) is 11.5 Å². The number of hydrogen-bond donors (Lipinski definition) is 2. The standard InChI is InChI=1S/C21H25NO3/c1-5-13-14-6-7-22(3)16-9-12-10-17(23)11(2)8-15(12)19(18(14)16)21(25-4)20(13)24/h8,10,16,23-24H,5-7,9H2,1-4H3. The smallest absolute Gasteiger partial charge is 0.168 e. The molecule has 1 aliphatic carbocycles. The topological polar surface area (TPSA) is 52.9 Å². The van der Waals surface area contributed by atoms with Crippen LogP contribution >= 0.6 is 0 Å². The van der Waals surface area contributed by atoms with Gasteiger partial charge < -0.3 is 14.9 Å². The number of nitrogens with zero attached hydrogens (tertiary/aromatic N) is 1. The molecule has 0 saturated carbocycles. The van der Waals surface area contributed by atoms with Crippen LogP contribution in [0.4, 0.5) is 0 Å². The van der Waals surface area contributed by atoms with E-state index in [4.69, 9.17) is 4.74 Å². The van der Waals surface area contributed by atoms with E-state index in [0.29, 0.717) is 11.5 Å². The van der Waals surface area contributed by atoms with Gasteiger partial charge in [0, 0.05) is 23.7 Å². The van der Waals surface area contributed by atoms with Crippen molar-refractivity contribution in [1.29, 1.82) is 0 Å². The second kappa shape index (κ2) is 5.67. The van der Waals surface area contributed by atoms with Crippen LogP contribution in [-0.4, -0.2) is 35.8 Å². The first kappa shape index (κ1) is 16.3. The Bertz CT molecular complexity index is 872. The van der Waals surface area contributed by atoms with Gasteiger partial charge in [-0.25, -0.2) is 0 Å². The second-order valence-electron chi connectivity index (χ2n) is 7.23. The van der Waals surface area contributed by atoms with Gasteiger partial charge in [0.1, 0.15) is 5.75 Å². The lowest BCUT2D eigenvalue weighted by molar-refractivity contribution is 0.226. The SMILES string of the molecule is CCc1c(O)c(OC)c2c3c1CCN(C)C3Cc1cc(O)c(C)cc1-2. The van der Waals surface area contributed by atoms with Crippen LogP contribution in [0.25, 0.3) is 11.1 Å². The number of fused-ring (bicyclic) bond motifs is 2. The molecule has 0 saturated heterocycles. The maximum Gasteiger partial charge on any atom is 0.168 e. The number of aryl methyl sites for hydroxylation is 1. The highest BCUT2D eigenvalue weighted by Crippen LogP contribution is 2.54. The molecule has 1 unspecified atom stereocenters. The van der Waals surface area contributed by atoms with Crippen LogP contribution in [0.1, 0.15) is 40.8 Å². The number of phenols is 2. The zero-order chi connectivity index (χ0) is 17.9. The van der Waals surface area contributed by atoms with Gasteiger partial charge in [0.25, 0.3) is 0 Å². The molecule has 0 amide bonds. The molecule has 0 fully saturated rings. The van der Waals surface area contributed by atoms with Crippen molar-refractivity contribution < 1.29 is 14.9 Å². The number of methoxy groups -OCH3 is 1. The predicted molar refractivity (Wildman–Crippen MR) is 98.7 cm³/mol. The van der Waals surface area contributed by atoms with E-state index in [0.717, 1.165) is 53.6 Å². The van der Waals surface area contributed by atoms with Crippen molar-refractivity contribution in [1.82, 2.24) is 4.90 Å². The summed E-state index contributed by atoms with van der Waals surface area (Å²) in [6.45, 7) is 4.97. The van der Waals surface area contributed by atoms with Crippen molar-refractivity contribution in [3.05, 3.63) is 39.9 Å². The molecule has 4 rings (SSSR count). The van der Waals surface area contributed by atoms with Crippen molar-refractivity contribution in [3.63, 3.8) is 0 Å². The monoisotopic (exact) mass is 339 g/mol. The number of hydrogen-bond acceptors (Lipinski definition) is 4. The van der Waals surface area contributed by atoms with E-state index < -0.39 is 0 Å². The zero-order valence-electron chi connectivity index (χ0n) is 15.3. The summed E-state index contributed by atoms with van der Waals surface area (Å²) in [5, 5.41) is 21.1. The first-order chi connectivity index (χ1) is 12.0. The van der Waals surface area contributed by atoms with Crippen molar-refractivity contribution in [2.75, 3.05) is 20.7 Å². The van der Waals surface area contributed by atoms with Gasteiger partial charge >= 0.3 is 0 Å². The minimum absolute atomic E-state index is 0.258. The fraction of sp³-hybridized carbons (Fsp3) is 0.429. The molecule has 1 atom stereocenters. The third kappa shape index (κ3) is 2.17. The Kier molecular flexibility index (Phi) is 3.69. The number of likely N-dealkylation sites (N-methyl/N-ethyl adjacent to an activating group) is 1. The fourth-order valence-electron chi connectivity index (χ4n) is 4.61. The average molecular weight is 339 g/mol. The molecule has 1 aliphatic heterocycles. The van der Waals surface area contributed by atoms with Crippen molar-refractivity contribution >= 4 is 0 Å². The summed E-state index contributed by atoms with van der Waals surface area (Å²) in [5.41, 5.74) is 7.65. The molecule has 25 heavy (non-hydrogen) atoms. The summed E-state index contributed by atoms with van der Waals surface area (Å²) >= 11 is 0. The van der Waals surface area contributed by atoms with E-state index in [2.05, 4.69) is 18.9 Å². The molecular formula is C21H25NO3. The van der Waals surface area contributed by atoms with Gasteiger partial charge in [-0.1, -0.05) is 6.92 Å². The maximum absolute atomic E-state index is 10.9. The summed E-state index contributed by atoms with van der Waals surface area (Å²) in [4.78, 5) is 2.38. The Morgan fingerprint density at radius 3 is 2.72 bits per heavy atom. The van der Waals surface area contributed by atoms with Gasteiger partial charge in [0.05, 0.1) is 7.11 Å². The van der Waals surface area contributed by atoms with Gasteiger partial charge in [-0.15, -0.1) is 0 Å². The van der Waals surface area contributed by atoms with Crippen LogP contribution in [0.3, 0.4) is 0 Å². The Morgan fingerprint density at radius 1 is 1.28 bits per heavy atom. The van der Waals surface area contributed by atoms with Crippen LogP contribution in [0.2, 0.25) is 0 Å². The number of benzene rings is 2. The molecule has 132 valence electrons. The van der Waals surface area contributed by atoms with E-state index in [1.807, 2.05) is 19.1 Å². The molecule has 2 aliphatic rings. The number of aromatic hydroxyl groups is 2. The van der Waals surface area contributed by atoms with E-state index in [1.165, 1.54) is 11.1 Å². The van der Waals surface area contributed by atoms with Crippen molar-refractivity contribution in [3.8, 4) is 28.4 Å².